The molecule has 2 heteroatoms. The van der Waals surface area contributed by atoms with Gasteiger partial charge in [-0.15, -0.1) is 0 Å². The molecule has 2 unspecified atom stereocenters. The van der Waals surface area contributed by atoms with Crippen LogP contribution in [0.15, 0.2) is 72.8 Å². The maximum atomic E-state index is 10.2. The first-order valence-electron chi connectivity index (χ1n) is 8.16. The van der Waals surface area contributed by atoms with Crippen molar-refractivity contribution in [1.29, 1.82) is 0 Å². The number of hydrogen-bond acceptors (Lipinski definition) is 2. The van der Waals surface area contributed by atoms with Gasteiger partial charge in [0.2, 0.25) is 0 Å². The summed E-state index contributed by atoms with van der Waals surface area (Å²) >= 11 is 0. The second-order valence-corrected chi connectivity index (χ2v) is 6.12. The minimum Gasteiger partial charge on any atom is -0.387 e. The van der Waals surface area contributed by atoms with Crippen molar-refractivity contribution in [2.24, 2.45) is 0 Å². The third-order valence-electron chi connectivity index (χ3n) is 4.20. The fraction of sp³-hybridized carbons (Fsp3) is 0.238. The molecule has 0 aliphatic rings. The third kappa shape index (κ3) is 4.19. The zero-order chi connectivity index (χ0) is 16.1. The van der Waals surface area contributed by atoms with Crippen LogP contribution in [0.3, 0.4) is 0 Å². The number of nitrogens with one attached hydrogen (secondary N) is 1. The Labute approximate surface area is 137 Å². The summed E-state index contributed by atoms with van der Waals surface area (Å²) in [5.74, 6) is 0. The van der Waals surface area contributed by atoms with Crippen molar-refractivity contribution in [3.8, 4) is 0 Å². The van der Waals surface area contributed by atoms with E-state index in [4.69, 9.17) is 0 Å². The van der Waals surface area contributed by atoms with Gasteiger partial charge in [-0.3, -0.25) is 0 Å². The molecule has 0 fully saturated rings. The van der Waals surface area contributed by atoms with Crippen molar-refractivity contribution >= 4 is 10.8 Å². The molecule has 0 heterocycles. The molecule has 3 rings (SSSR count). The fourth-order valence-corrected chi connectivity index (χ4v) is 2.90. The number of aliphatic hydroxyl groups excluding tert-OH is 1. The lowest BCUT2D eigenvalue weighted by molar-refractivity contribution is 0.170. The first kappa shape index (κ1) is 15.7. The summed E-state index contributed by atoms with van der Waals surface area (Å²) in [5, 5.41) is 16.2. The Morgan fingerprint density at radius 3 is 2.35 bits per heavy atom. The van der Waals surface area contributed by atoms with Gasteiger partial charge in [-0.25, -0.2) is 0 Å². The quantitative estimate of drug-likeness (QED) is 0.719. The Balaban J connectivity index is 1.57. The van der Waals surface area contributed by atoms with E-state index in [1.54, 1.807) is 0 Å². The predicted octanol–water partition coefficient (Wildman–Crippen LogP) is 4.09. The highest BCUT2D eigenvalue weighted by Crippen LogP contribution is 2.17. The van der Waals surface area contributed by atoms with Crippen molar-refractivity contribution < 1.29 is 5.11 Å². The summed E-state index contributed by atoms with van der Waals surface area (Å²) in [5.41, 5.74) is 2.27. The summed E-state index contributed by atoms with van der Waals surface area (Å²) in [6.45, 7) is 2.73. The van der Waals surface area contributed by atoms with Crippen molar-refractivity contribution in [2.75, 3.05) is 6.54 Å². The van der Waals surface area contributed by atoms with E-state index >= 15 is 0 Å². The van der Waals surface area contributed by atoms with Crippen LogP contribution >= 0.6 is 0 Å². The molecule has 0 radical (unpaired) electrons. The topological polar surface area (TPSA) is 32.3 Å². The second-order valence-electron chi connectivity index (χ2n) is 6.12. The van der Waals surface area contributed by atoms with Gasteiger partial charge in [-0.1, -0.05) is 72.8 Å². The van der Waals surface area contributed by atoms with E-state index in [9.17, 15) is 5.11 Å². The summed E-state index contributed by atoms with van der Waals surface area (Å²) in [4.78, 5) is 0. The van der Waals surface area contributed by atoms with Gasteiger partial charge >= 0.3 is 0 Å². The van der Waals surface area contributed by atoms with Crippen LogP contribution in [0.2, 0.25) is 0 Å². The maximum absolute atomic E-state index is 10.2. The number of aliphatic hydroxyl groups is 1. The van der Waals surface area contributed by atoms with Gasteiger partial charge in [0.1, 0.15) is 0 Å². The van der Waals surface area contributed by atoms with Crippen LogP contribution in [-0.4, -0.2) is 17.7 Å². The van der Waals surface area contributed by atoms with E-state index in [1.807, 2.05) is 30.3 Å². The first-order valence-corrected chi connectivity index (χ1v) is 8.16. The molecule has 0 aromatic heterocycles. The Bertz CT molecular complexity index is 754. The zero-order valence-corrected chi connectivity index (χ0v) is 13.4. The summed E-state index contributed by atoms with van der Waals surface area (Å²) in [7, 11) is 0. The molecule has 0 aliphatic heterocycles. The molecule has 0 spiro atoms. The molecule has 0 bridgehead atoms. The van der Waals surface area contributed by atoms with Gasteiger partial charge in [0, 0.05) is 12.6 Å². The first-order chi connectivity index (χ1) is 11.2. The predicted molar refractivity (Wildman–Crippen MR) is 96.5 cm³/mol. The van der Waals surface area contributed by atoms with Crippen LogP contribution in [0.5, 0.6) is 0 Å². The van der Waals surface area contributed by atoms with Crippen LogP contribution in [0.1, 0.15) is 24.2 Å². The van der Waals surface area contributed by atoms with Crippen LogP contribution in [-0.2, 0) is 6.42 Å². The van der Waals surface area contributed by atoms with Crippen molar-refractivity contribution in [1.82, 2.24) is 5.32 Å². The van der Waals surface area contributed by atoms with Gasteiger partial charge in [0.05, 0.1) is 6.10 Å². The highest BCUT2D eigenvalue weighted by molar-refractivity contribution is 5.82. The minimum absolute atomic E-state index is 0.314. The lowest BCUT2D eigenvalue weighted by Gasteiger charge is -2.18. The molecule has 23 heavy (non-hydrogen) atoms. The average molecular weight is 305 g/mol. The number of hydrogen-bond donors (Lipinski definition) is 2. The van der Waals surface area contributed by atoms with Crippen molar-refractivity contribution in [3.63, 3.8) is 0 Å². The fourth-order valence-electron chi connectivity index (χ4n) is 2.90. The molecule has 2 nitrogen and oxygen atoms in total. The molecule has 2 atom stereocenters. The van der Waals surface area contributed by atoms with Gasteiger partial charge < -0.3 is 10.4 Å². The van der Waals surface area contributed by atoms with Crippen LogP contribution in [0.25, 0.3) is 10.8 Å². The highest BCUT2D eigenvalue weighted by atomic mass is 16.3. The third-order valence-corrected chi connectivity index (χ3v) is 4.20. The lowest BCUT2D eigenvalue weighted by Crippen LogP contribution is -2.32. The van der Waals surface area contributed by atoms with E-state index in [2.05, 4.69) is 54.7 Å². The zero-order valence-electron chi connectivity index (χ0n) is 13.4. The smallest absolute Gasteiger partial charge is 0.0914 e. The Morgan fingerprint density at radius 1 is 0.870 bits per heavy atom. The summed E-state index contributed by atoms with van der Waals surface area (Å²) in [6, 6.07) is 25.1. The SMILES string of the molecule is CC(Cc1ccc2ccccc2c1)NCC(O)c1ccccc1. The van der Waals surface area contributed by atoms with Crippen molar-refractivity contribution in [3.05, 3.63) is 83.9 Å². The van der Waals surface area contributed by atoms with Gasteiger partial charge in [-0.2, -0.15) is 0 Å². The average Bonchev–Trinajstić information content (AvgIpc) is 2.60. The molecule has 0 amide bonds. The molecule has 0 aliphatic carbocycles. The summed E-state index contributed by atoms with van der Waals surface area (Å²) < 4.78 is 0. The highest BCUT2D eigenvalue weighted by Gasteiger charge is 2.09. The van der Waals surface area contributed by atoms with E-state index < -0.39 is 6.10 Å². The molecule has 0 saturated carbocycles. The molecule has 2 N–H and O–H groups in total. The number of fused-ring (bicyclic) bond motifs is 1. The monoisotopic (exact) mass is 305 g/mol. The van der Waals surface area contributed by atoms with Gasteiger partial charge in [0.15, 0.2) is 0 Å². The lowest BCUT2D eigenvalue weighted by atomic mass is 10.0. The molecule has 0 saturated heterocycles. The van der Waals surface area contributed by atoms with Gasteiger partial charge in [-0.05, 0) is 35.2 Å². The minimum atomic E-state index is -0.463. The molecular formula is C21H23NO. The van der Waals surface area contributed by atoms with E-state index in [0.717, 1.165) is 12.0 Å². The summed E-state index contributed by atoms with van der Waals surface area (Å²) in [6.07, 6.45) is 0.488. The van der Waals surface area contributed by atoms with Gasteiger partial charge in [0.25, 0.3) is 0 Å². The van der Waals surface area contributed by atoms with E-state index in [0.29, 0.717) is 12.6 Å². The molecule has 3 aromatic rings. The Morgan fingerprint density at radius 2 is 1.57 bits per heavy atom. The van der Waals surface area contributed by atoms with Crippen molar-refractivity contribution in [2.45, 2.75) is 25.5 Å². The Kier molecular flexibility index (Phi) is 5.06. The largest absolute Gasteiger partial charge is 0.387 e. The van der Waals surface area contributed by atoms with Crippen LogP contribution < -0.4 is 5.32 Å². The standard InChI is InChI=1S/C21H23NO/c1-16(22-15-21(23)19-8-3-2-4-9-19)13-17-11-12-18-7-5-6-10-20(18)14-17/h2-12,14,16,21-23H,13,15H2,1H3. The Hall–Kier alpha value is -2.16. The number of benzene rings is 3. The molecular weight excluding hydrogens is 282 g/mol. The normalized spacial score (nSPS) is 13.8. The molecule has 118 valence electrons. The van der Waals surface area contributed by atoms with E-state index in [1.165, 1.54) is 16.3 Å². The molecule has 3 aromatic carbocycles. The number of rotatable bonds is 6. The van der Waals surface area contributed by atoms with Crippen LogP contribution in [0, 0.1) is 0 Å². The van der Waals surface area contributed by atoms with E-state index in [-0.39, 0.29) is 0 Å². The van der Waals surface area contributed by atoms with Crippen LogP contribution in [0.4, 0.5) is 0 Å². The second kappa shape index (κ2) is 7.40. The maximum Gasteiger partial charge on any atom is 0.0914 e.